The Bertz CT molecular complexity index is 487. The van der Waals surface area contributed by atoms with Crippen LogP contribution in [-0.2, 0) is 0 Å². The molecule has 0 bridgehead atoms. The zero-order valence-corrected chi connectivity index (χ0v) is 10.5. The van der Waals surface area contributed by atoms with Crippen molar-refractivity contribution in [3.8, 4) is 5.75 Å². The smallest absolute Gasteiger partial charge is 0.270 e. The highest BCUT2D eigenvalue weighted by Crippen LogP contribution is 2.40. The molecular formula is C12H16N2O4. The second kappa shape index (κ2) is 4.22. The first-order chi connectivity index (χ1) is 8.36. The third-order valence-electron chi connectivity index (χ3n) is 3.25. The Hall–Kier alpha value is -1.66. The van der Waals surface area contributed by atoms with Crippen molar-refractivity contribution < 1.29 is 14.8 Å². The van der Waals surface area contributed by atoms with Gasteiger partial charge in [-0.1, -0.05) is 0 Å². The monoisotopic (exact) mass is 252 g/mol. The van der Waals surface area contributed by atoms with Crippen molar-refractivity contribution in [1.82, 2.24) is 5.32 Å². The highest BCUT2D eigenvalue weighted by molar-refractivity contribution is 5.47. The van der Waals surface area contributed by atoms with Gasteiger partial charge in [-0.05, 0) is 27.0 Å². The summed E-state index contributed by atoms with van der Waals surface area (Å²) in [5.74, 6) is 0.565. The number of ether oxygens (including phenoxy) is 1. The number of likely N-dealkylation sites (N-methyl/N-ethyl adjacent to an activating group) is 1. The van der Waals surface area contributed by atoms with E-state index in [2.05, 4.69) is 5.32 Å². The van der Waals surface area contributed by atoms with Crippen LogP contribution >= 0.6 is 0 Å². The minimum atomic E-state index is -0.781. The first-order valence-corrected chi connectivity index (χ1v) is 5.69. The molecule has 18 heavy (non-hydrogen) atoms. The van der Waals surface area contributed by atoms with Crippen LogP contribution in [-0.4, -0.2) is 28.8 Å². The largest absolute Gasteiger partial charge is 0.485 e. The van der Waals surface area contributed by atoms with Gasteiger partial charge >= 0.3 is 0 Å². The third kappa shape index (κ3) is 1.93. The first kappa shape index (κ1) is 12.8. The lowest BCUT2D eigenvalue weighted by Crippen LogP contribution is -2.51. The molecule has 2 rings (SSSR count). The summed E-state index contributed by atoms with van der Waals surface area (Å²) in [6, 6.07) is 4.03. The number of hydrogen-bond acceptors (Lipinski definition) is 5. The molecule has 0 saturated heterocycles. The van der Waals surface area contributed by atoms with E-state index in [1.165, 1.54) is 12.1 Å². The van der Waals surface area contributed by atoms with E-state index in [-0.39, 0.29) is 11.7 Å². The maximum absolute atomic E-state index is 10.8. The summed E-state index contributed by atoms with van der Waals surface area (Å²) in [5.41, 5.74) is -0.139. The van der Waals surface area contributed by atoms with E-state index in [1.54, 1.807) is 27.0 Å². The van der Waals surface area contributed by atoms with Crippen LogP contribution in [0.4, 0.5) is 5.69 Å². The van der Waals surface area contributed by atoms with Crippen molar-refractivity contribution in [2.45, 2.75) is 31.6 Å². The summed E-state index contributed by atoms with van der Waals surface area (Å²) in [6.07, 6.45) is -0.781. The highest BCUT2D eigenvalue weighted by Gasteiger charge is 2.42. The second-order valence-corrected chi connectivity index (χ2v) is 4.90. The van der Waals surface area contributed by atoms with E-state index in [0.29, 0.717) is 11.3 Å². The lowest BCUT2D eigenvalue weighted by molar-refractivity contribution is -0.385. The summed E-state index contributed by atoms with van der Waals surface area (Å²) in [5, 5.41) is 24.0. The fourth-order valence-corrected chi connectivity index (χ4v) is 2.21. The summed E-state index contributed by atoms with van der Waals surface area (Å²) < 4.78 is 5.69. The Morgan fingerprint density at radius 2 is 2.17 bits per heavy atom. The summed E-state index contributed by atoms with van der Waals surface area (Å²) in [4.78, 5) is 10.3. The van der Waals surface area contributed by atoms with Crippen molar-refractivity contribution in [3.63, 3.8) is 0 Å². The Balaban J connectivity index is 2.53. The molecule has 2 atom stereocenters. The van der Waals surface area contributed by atoms with E-state index >= 15 is 0 Å². The number of benzene rings is 1. The number of nitrogens with one attached hydrogen (secondary N) is 1. The molecule has 1 aliphatic heterocycles. The van der Waals surface area contributed by atoms with E-state index < -0.39 is 16.6 Å². The van der Waals surface area contributed by atoms with Gasteiger partial charge in [0.05, 0.1) is 11.0 Å². The summed E-state index contributed by atoms with van der Waals surface area (Å²) in [6.45, 7) is 3.57. The SMILES string of the molecule is CNC1c2cc([N+](=O)[O-])ccc2OC(C)(C)C1O. The zero-order chi connectivity index (χ0) is 13.5. The standard InChI is InChI=1S/C12H16N2O4/c1-12(2)11(15)10(13-3)8-6-7(14(16)17)4-5-9(8)18-12/h4-6,10-11,13,15H,1-3H3. The van der Waals surface area contributed by atoms with Gasteiger partial charge in [0.25, 0.3) is 5.69 Å². The molecule has 0 aromatic heterocycles. The van der Waals surface area contributed by atoms with Crippen LogP contribution in [0.5, 0.6) is 5.75 Å². The van der Waals surface area contributed by atoms with E-state index in [9.17, 15) is 15.2 Å². The van der Waals surface area contributed by atoms with Gasteiger partial charge in [-0.3, -0.25) is 10.1 Å². The van der Waals surface area contributed by atoms with E-state index in [0.717, 1.165) is 0 Å². The van der Waals surface area contributed by atoms with Gasteiger partial charge in [0.1, 0.15) is 17.5 Å². The fourth-order valence-electron chi connectivity index (χ4n) is 2.21. The van der Waals surface area contributed by atoms with Crippen LogP contribution < -0.4 is 10.1 Å². The van der Waals surface area contributed by atoms with Crippen LogP contribution in [0.1, 0.15) is 25.5 Å². The Labute approximate surface area is 105 Å². The molecule has 6 heteroatoms. The van der Waals surface area contributed by atoms with E-state index in [4.69, 9.17) is 4.74 Å². The summed E-state index contributed by atoms with van der Waals surface area (Å²) >= 11 is 0. The molecule has 1 heterocycles. The molecule has 1 aromatic rings. The van der Waals surface area contributed by atoms with Crippen LogP contribution in [0, 0.1) is 10.1 Å². The number of aliphatic hydroxyl groups is 1. The fraction of sp³-hybridized carbons (Fsp3) is 0.500. The minimum Gasteiger partial charge on any atom is -0.485 e. The Morgan fingerprint density at radius 3 is 2.72 bits per heavy atom. The number of aliphatic hydroxyl groups excluding tert-OH is 1. The van der Waals surface area contributed by atoms with Gasteiger partial charge in [0, 0.05) is 17.7 Å². The van der Waals surface area contributed by atoms with Gasteiger partial charge in [-0.25, -0.2) is 0 Å². The van der Waals surface area contributed by atoms with Gasteiger partial charge in [-0.2, -0.15) is 0 Å². The van der Waals surface area contributed by atoms with Crippen LogP contribution in [0.3, 0.4) is 0 Å². The number of nitrogens with zero attached hydrogens (tertiary/aromatic N) is 1. The van der Waals surface area contributed by atoms with E-state index in [1.807, 2.05) is 0 Å². The molecule has 2 unspecified atom stereocenters. The number of rotatable bonds is 2. The molecule has 0 amide bonds. The second-order valence-electron chi connectivity index (χ2n) is 4.90. The van der Waals surface area contributed by atoms with Crippen molar-refractivity contribution >= 4 is 5.69 Å². The predicted molar refractivity (Wildman–Crippen MR) is 65.6 cm³/mol. The number of fused-ring (bicyclic) bond motifs is 1. The van der Waals surface area contributed by atoms with Gasteiger partial charge in [-0.15, -0.1) is 0 Å². The molecule has 2 N–H and O–H groups in total. The van der Waals surface area contributed by atoms with Crippen molar-refractivity contribution in [2.24, 2.45) is 0 Å². The molecule has 0 radical (unpaired) electrons. The van der Waals surface area contributed by atoms with Gasteiger partial charge < -0.3 is 15.2 Å². The minimum absolute atomic E-state index is 0.00972. The van der Waals surface area contributed by atoms with Crippen LogP contribution in [0.15, 0.2) is 18.2 Å². The lowest BCUT2D eigenvalue weighted by Gasteiger charge is -2.41. The number of hydrogen-bond donors (Lipinski definition) is 2. The molecule has 0 saturated carbocycles. The molecule has 6 nitrogen and oxygen atoms in total. The number of nitro benzene ring substituents is 1. The average molecular weight is 252 g/mol. The van der Waals surface area contributed by atoms with Crippen molar-refractivity contribution in [1.29, 1.82) is 0 Å². The predicted octanol–water partition coefficient (Wildman–Crippen LogP) is 1.39. The zero-order valence-electron chi connectivity index (χ0n) is 10.5. The molecule has 0 aliphatic carbocycles. The summed E-state index contributed by atoms with van der Waals surface area (Å²) in [7, 11) is 1.71. The maximum atomic E-state index is 10.8. The van der Waals surface area contributed by atoms with Gasteiger partial charge in [0.2, 0.25) is 0 Å². The van der Waals surface area contributed by atoms with Crippen LogP contribution in [0.2, 0.25) is 0 Å². The average Bonchev–Trinajstić information content (AvgIpc) is 2.30. The quantitative estimate of drug-likeness (QED) is 0.613. The number of nitro groups is 1. The molecule has 98 valence electrons. The molecule has 1 aliphatic rings. The molecule has 0 fully saturated rings. The lowest BCUT2D eigenvalue weighted by atomic mass is 9.86. The molecular weight excluding hydrogens is 236 g/mol. The first-order valence-electron chi connectivity index (χ1n) is 5.69. The Kier molecular flexibility index (Phi) is 3.00. The van der Waals surface area contributed by atoms with Crippen LogP contribution in [0.25, 0.3) is 0 Å². The normalized spacial score (nSPS) is 25.1. The van der Waals surface area contributed by atoms with Crippen molar-refractivity contribution in [3.05, 3.63) is 33.9 Å². The molecule has 0 spiro atoms. The third-order valence-corrected chi connectivity index (χ3v) is 3.25. The Morgan fingerprint density at radius 1 is 1.50 bits per heavy atom. The molecule has 1 aromatic carbocycles. The van der Waals surface area contributed by atoms with Crippen molar-refractivity contribution in [2.75, 3.05) is 7.05 Å². The van der Waals surface area contributed by atoms with Gasteiger partial charge in [0.15, 0.2) is 0 Å². The highest BCUT2D eigenvalue weighted by atomic mass is 16.6. The topological polar surface area (TPSA) is 84.6 Å². The maximum Gasteiger partial charge on any atom is 0.270 e. The number of non-ortho nitro benzene ring substituents is 1.